The third-order valence-electron chi connectivity index (χ3n) is 4.34. The van der Waals surface area contributed by atoms with Gasteiger partial charge >= 0.3 is 0 Å². The molecule has 0 saturated carbocycles. The van der Waals surface area contributed by atoms with Crippen molar-refractivity contribution in [2.24, 2.45) is 7.05 Å². The zero-order chi connectivity index (χ0) is 18.4. The normalized spacial score (nSPS) is 11.2. The molecule has 4 rings (SSSR count). The number of carbonyl (C=O) groups is 1. The van der Waals surface area contributed by atoms with Gasteiger partial charge in [-0.2, -0.15) is 0 Å². The number of pyridine rings is 1. The highest BCUT2D eigenvalue weighted by Crippen LogP contribution is 2.19. The van der Waals surface area contributed by atoms with E-state index in [2.05, 4.69) is 26.2 Å². The second-order valence-electron chi connectivity index (χ2n) is 6.09. The standard InChI is InChI=1S/C19H15BrN4O2/c1-11-5-4-8-24-16(11)22-17-14(19(24)26)10-15(23(17)2)18(25)21-13-7-3-6-12(20)9-13/h3-10H,1-2H3,(H,21,25). The molecule has 0 fully saturated rings. The first-order valence-corrected chi connectivity index (χ1v) is 8.79. The van der Waals surface area contributed by atoms with E-state index in [-0.39, 0.29) is 11.5 Å². The van der Waals surface area contributed by atoms with E-state index in [1.807, 2.05) is 31.2 Å². The van der Waals surface area contributed by atoms with E-state index in [9.17, 15) is 9.59 Å². The highest BCUT2D eigenvalue weighted by Gasteiger charge is 2.18. The van der Waals surface area contributed by atoms with Crippen molar-refractivity contribution in [3.05, 3.63) is 74.7 Å². The van der Waals surface area contributed by atoms with E-state index in [0.29, 0.717) is 28.1 Å². The third-order valence-corrected chi connectivity index (χ3v) is 4.83. The summed E-state index contributed by atoms with van der Waals surface area (Å²) in [5.74, 6) is -0.297. The Bertz CT molecular complexity index is 1240. The number of benzene rings is 1. The number of amides is 1. The Balaban J connectivity index is 1.86. The molecule has 0 atom stereocenters. The Morgan fingerprint density at radius 2 is 1.96 bits per heavy atom. The number of nitrogens with zero attached hydrogens (tertiary/aromatic N) is 3. The van der Waals surface area contributed by atoms with Gasteiger partial charge in [0.1, 0.15) is 17.0 Å². The second kappa shape index (κ2) is 6.10. The van der Waals surface area contributed by atoms with Crippen molar-refractivity contribution in [2.45, 2.75) is 6.92 Å². The lowest BCUT2D eigenvalue weighted by atomic mass is 10.2. The van der Waals surface area contributed by atoms with Crippen LogP contribution < -0.4 is 10.9 Å². The van der Waals surface area contributed by atoms with Crippen molar-refractivity contribution < 1.29 is 4.79 Å². The second-order valence-corrected chi connectivity index (χ2v) is 7.01. The first kappa shape index (κ1) is 16.5. The topological polar surface area (TPSA) is 68.4 Å². The number of hydrogen-bond acceptors (Lipinski definition) is 3. The van der Waals surface area contributed by atoms with E-state index in [4.69, 9.17) is 0 Å². The molecule has 1 aromatic carbocycles. The number of anilines is 1. The molecule has 0 aliphatic heterocycles. The molecule has 1 amide bonds. The summed E-state index contributed by atoms with van der Waals surface area (Å²) < 4.78 is 4.03. The van der Waals surface area contributed by atoms with Crippen molar-refractivity contribution in [2.75, 3.05) is 5.32 Å². The number of nitrogens with one attached hydrogen (secondary N) is 1. The number of rotatable bonds is 2. The molecule has 0 aliphatic carbocycles. The summed E-state index contributed by atoms with van der Waals surface area (Å²) in [5, 5.41) is 3.26. The van der Waals surface area contributed by atoms with Gasteiger partial charge < -0.3 is 9.88 Å². The maximum Gasteiger partial charge on any atom is 0.272 e. The summed E-state index contributed by atoms with van der Waals surface area (Å²) in [6, 6.07) is 12.6. The summed E-state index contributed by atoms with van der Waals surface area (Å²) in [7, 11) is 1.74. The minimum Gasteiger partial charge on any atom is -0.324 e. The minimum absolute atomic E-state index is 0.189. The number of aromatic nitrogens is 3. The molecule has 1 N–H and O–H groups in total. The molecular formula is C19H15BrN4O2. The first-order chi connectivity index (χ1) is 12.5. The first-order valence-electron chi connectivity index (χ1n) is 8.00. The average Bonchev–Trinajstić information content (AvgIpc) is 2.94. The lowest BCUT2D eigenvalue weighted by Gasteiger charge is -2.07. The molecule has 7 heteroatoms. The predicted octanol–water partition coefficient (Wildman–Crippen LogP) is 3.51. The summed E-state index contributed by atoms with van der Waals surface area (Å²) in [6.07, 6.45) is 1.69. The number of carbonyl (C=O) groups excluding carboxylic acids is 1. The molecule has 4 aromatic rings. The summed E-state index contributed by atoms with van der Waals surface area (Å²) in [5.41, 5.74) is 2.82. The number of fused-ring (bicyclic) bond motifs is 2. The van der Waals surface area contributed by atoms with Crippen LogP contribution in [0.2, 0.25) is 0 Å². The largest absolute Gasteiger partial charge is 0.324 e. The van der Waals surface area contributed by atoms with Gasteiger partial charge in [0, 0.05) is 23.4 Å². The Morgan fingerprint density at radius 3 is 2.73 bits per heavy atom. The van der Waals surface area contributed by atoms with Crippen molar-refractivity contribution in [1.29, 1.82) is 0 Å². The van der Waals surface area contributed by atoms with Crippen LogP contribution in [0.15, 0.2) is 57.9 Å². The number of aryl methyl sites for hydroxylation is 2. The van der Waals surface area contributed by atoms with Crippen LogP contribution in [-0.2, 0) is 7.05 Å². The predicted molar refractivity (Wildman–Crippen MR) is 105 cm³/mol. The van der Waals surface area contributed by atoms with E-state index in [0.717, 1.165) is 10.0 Å². The van der Waals surface area contributed by atoms with E-state index >= 15 is 0 Å². The highest BCUT2D eigenvalue weighted by molar-refractivity contribution is 9.10. The molecule has 0 radical (unpaired) electrons. The van der Waals surface area contributed by atoms with Gasteiger partial charge in [-0.15, -0.1) is 0 Å². The Labute approximate surface area is 157 Å². The fourth-order valence-corrected chi connectivity index (χ4v) is 3.41. The van der Waals surface area contributed by atoms with Crippen LogP contribution in [0.3, 0.4) is 0 Å². The molecule has 0 unspecified atom stereocenters. The van der Waals surface area contributed by atoms with Crippen LogP contribution in [0.4, 0.5) is 5.69 Å². The van der Waals surface area contributed by atoms with Crippen LogP contribution >= 0.6 is 15.9 Å². The van der Waals surface area contributed by atoms with Crippen molar-refractivity contribution in [3.8, 4) is 0 Å². The van der Waals surface area contributed by atoms with Gasteiger partial charge in [-0.3, -0.25) is 14.0 Å². The van der Waals surface area contributed by atoms with Crippen LogP contribution in [-0.4, -0.2) is 19.9 Å². The lowest BCUT2D eigenvalue weighted by Crippen LogP contribution is -2.16. The van der Waals surface area contributed by atoms with Crippen LogP contribution in [0.5, 0.6) is 0 Å². The van der Waals surface area contributed by atoms with Crippen LogP contribution in [0.1, 0.15) is 16.1 Å². The minimum atomic E-state index is -0.297. The van der Waals surface area contributed by atoms with Crippen molar-refractivity contribution >= 4 is 44.2 Å². The number of hydrogen-bond donors (Lipinski definition) is 1. The maximum absolute atomic E-state index is 12.8. The van der Waals surface area contributed by atoms with E-state index in [1.54, 1.807) is 36.0 Å². The van der Waals surface area contributed by atoms with Gasteiger partial charge in [0.05, 0.1) is 5.39 Å². The lowest BCUT2D eigenvalue weighted by molar-refractivity contribution is 0.101. The van der Waals surface area contributed by atoms with Crippen molar-refractivity contribution in [1.82, 2.24) is 14.0 Å². The molecule has 26 heavy (non-hydrogen) atoms. The van der Waals surface area contributed by atoms with Crippen molar-refractivity contribution in [3.63, 3.8) is 0 Å². The molecular weight excluding hydrogens is 396 g/mol. The third kappa shape index (κ3) is 2.61. The zero-order valence-corrected chi connectivity index (χ0v) is 15.7. The fraction of sp³-hybridized carbons (Fsp3) is 0.105. The van der Waals surface area contributed by atoms with Crippen LogP contribution in [0.25, 0.3) is 16.7 Å². The molecule has 3 aromatic heterocycles. The van der Waals surface area contributed by atoms with E-state index < -0.39 is 0 Å². The highest BCUT2D eigenvalue weighted by atomic mass is 79.9. The van der Waals surface area contributed by atoms with Gasteiger partial charge in [0.15, 0.2) is 0 Å². The summed E-state index contributed by atoms with van der Waals surface area (Å²) in [6.45, 7) is 1.90. The number of halogens is 1. The van der Waals surface area contributed by atoms with E-state index in [1.165, 1.54) is 4.40 Å². The van der Waals surface area contributed by atoms with Gasteiger partial charge in [-0.1, -0.05) is 28.1 Å². The smallest absolute Gasteiger partial charge is 0.272 e. The zero-order valence-electron chi connectivity index (χ0n) is 14.2. The van der Waals surface area contributed by atoms with Gasteiger partial charge in [0.2, 0.25) is 0 Å². The summed E-state index contributed by atoms with van der Waals surface area (Å²) in [4.78, 5) is 30.1. The van der Waals surface area contributed by atoms with Gasteiger partial charge in [-0.25, -0.2) is 4.98 Å². The fourth-order valence-electron chi connectivity index (χ4n) is 3.01. The van der Waals surface area contributed by atoms with Crippen LogP contribution in [0, 0.1) is 6.92 Å². The van der Waals surface area contributed by atoms with Gasteiger partial charge in [0.25, 0.3) is 11.5 Å². The Kier molecular flexibility index (Phi) is 3.88. The average molecular weight is 411 g/mol. The molecule has 0 bridgehead atoms. The molecule has 0 aliphatic rings. The van der Waals surface area contributed by atoms with Gasteiger partial charge in [-0.05, 0) is 42.8 Å². The Hall–Kier alpha value is -2.93. The monoisotopic (exact) mass is 410 g/mol. The molecule has 0 saturated heterocycles. The maximum atomic E-state index is 12.8. The summed E-state index contributed by atoms with van der Waals surface area (Å²) >= 11 is 3.38. The molecule has 130 valence electrons. The molecule has 3 heterocycles. The Morgan fingerprint density at radius 1 is 1.15 bits per heavy atom. The molecule has 6 nitrogen and oxygen atoms in total. The SMILES string of the molecule is Cc1cccn2c(=O)c3cc(C(=O)Nc4cccc(Br)c4)n(C)c3nc12. The molecule has 0 spiro atoms. The quantitative estimate of drug-likeness (QED) is 0.549.